The molecule has 32 heavy (non-hydrogen) atoms. The van der Waals surface area contributed by atoms with Crippen LogP contribution in [0.4, 0.5) is 0 Å². The summed E-state index contributed by atoms with van der Waals surface area (Å²) in [4.78, 5) is 23.4. The molecule has 0 unspecified atom stereocenters. The first-order valence-corrected chi connectivity index (χ1v) is 11.2. The molecule has 0 saturated heterocycles. The van der Waals surface area contributed by atoms with E-state index in [9.17, 15) is 9.59 Å². The van der Waals surface area contributed by atoms with Crippen LogP contribution in [-0.4, -0.2) is 30.4 Å². The molecular formula is C25H23ClO6. The van der Waals surface area contributed by atoms with Crippen molar-refractivity contribution < 1.29 is 23.8 Å². The second-order valence-corrected chi connectivity index (χ2v) is 8.84. The Bertz CT molecular complexity index is 1210. The van der Waals surface area contributed by atoms with Crippen molar-refractivity contribution in [1.82, 2.24) is 0 Å². The molecule has 0 bridgehead atoms. The van der Waals surface area contributed by atoms with Gasteiger partial charge in [0.05, 0.1) is 29.0 Å². The number of carboxylic acid groups (broad SMARTS) is 1. The van der Waals surface area contributed by atoms with Crippen LogP contribution in [0.15, 0.2) is 51.7 Å². The van der Waals surface area contributed by atoms with Crippen LogP contribution in [0.5, 0.6) is 5.75 Å². The first kappa shape index (κ1) is 21.0. The van der Waals surface area contributed by atoms with E-state index in [4.69, 9.17) is 30.6 Å². The highest BCUT2D eigenvalue weighted by atomic mass is 35.5. The molecule has 2 aliphatic rings. The molecule has 0 spiro atoms. The molecule has 6 nitrogen and oxygen atoms in total. The van der Waals surface area contributed by atoms with Gasteiger partial charge in [-0.15, -0.1) is 0 Å². The van der Waals surface area contributed by atoms with E-state index in [2.05, 4.69) is 0 Å². The van der Waals surface area contributed by atoms with Crippen LogP contribution in [0.1, 0.15) is 37.2 Å². The number of rotatable bonds is 8. The zero-order chi connectivity index (χ0) is 22.2. The average molecular weight is 455 g/mol. The van der Waals surface area contributed by atoms with Crippen LogP contribution in [0.2, 0.25) is 5.02 Å². The monoisotopic (exact) mass is 454 g/mol. The summed E-state index contributed by atoms with van der Waals surface area (Å²) in [5.74, 6) is 0.564. The Labute approximate surface area is 189 Å². The standard InChI is InChI=1S/C25H23ClO6/c26-23-19(14-1-2-14)7-8-20-21(27)13-22(32-24(20)23)15-3-5-17(6-4-15)30-9-10-31-18-11-16(12-18)25(28)29/h3-8,13-14,16,18H,1-2,9-12H2,(H,28,29). The summed E-state index contributed by atoms with van der Waals surface area (Å²) in [7, 11) is 0. The molecule has 2 fully saturated rings. The Morgan fingerprint density at radius 2 is 1.84 bits per heavy atom. The van der Waals surface area contributed by atoms with Gasteiger partial charge >= 0.3 is 5.97 Å². The molecule has 0 aliphatic heterocycles. The quantitative estimate of drug-likeness (QED) is 0.468. The van der Waals surface area contributed by atoms with E-state index < -0.39 is 5.97 Å². The molecule has 3 aromatic rings. The number of carboxylic acids is 1. The summed E-state index contributed by atoms with van der Waals surface area (Å²) in [6.45, 7) is 0.776. The molecule has 0 atom stereocenters. The number of hydrogen-bond donors (Lipinski definition) is 1. The van der Waals surface area contributed by atoms with Crippen LogP contribution in [0.25, 0.3) is 22.3 Å². The maximum absolute atomic E-state index is 12.6. The van der Waals surface area contributed by atoms with Gasteiger partial charge in [0, 0.05) is 11.6 Å². The highest BCUT2D eigenvalue weighted by Crippen LogP contribution is 2.45. The molecule has 1 N–H and O–H groups in total. The zero-order valence-electron chi connectivity index (χ0n) is 17.4. The van der Waals surface area contributed by atoms with E-state index in [1.165, 1.54) is 6.07 Å². The molecule has 0 radical (unpaired) electrons. The van der Waals surface area contributed by atoms with Gasteiger partial charge in [-0.3, -0.25) is 9.59 Å². The minimum atomic E-state index is -0.755. The van der Waals surface area contributed by atoms with Crippen molar-refractivity contribution in [1.29, 1.82) is 0 Å². The third-order valence-electron chi connectivity index (χ3n) is 6.17. The smallest absolute Gasteiger partial charge is 0.306 e. The number of hydrogen-bond acceptors (Lipinski definition) is 5. The zero-order valence-corrected chi connectivity index (χ0v) is 18.1. The van der Waals surface area contributed by atoms with Crippen LogP contribution >= 0.6 is 11.6 Å². The van der Waals surface area contributed by atoms with E-state index in [1.807, 2.05) is 30.3 Å². The largest absolute Gasteiger partial charge is 0.491 e. The summed E-state index contributed by atoms with van der Waals surface area (Å²) >= 11 is 6.57. The number of aliphatic carboxylic acids is 1. The van der Waals surface area contributed by atoms with Crippen LogP contribution in [-0.2, 0) is 9.53 Å². The summed E-state index contributed by atoms with van der Waals surface area (Å²) in [5, 5.41) is 9.90. The second-order valence-electron chi connectivity index (χ2n) is 8.47. The number of carbonyl (C=O) groups is 1. The summed E-state index contributed by atoms with van der Waals surface area (Å²) in [5.41, 5.74) is 2.13. The van der Waals surface area contributed by atoms with Crippen LogP contribution in [0, 0.1) is 5.92 Å². The van der Waals surface area contributed by atoms with Gasteiger partial charge in [0.15, 0.2) is 11.0 Å². The van der Waals surface area contributed by atoms with Gasteiger partial charge in [0.25, 0.3) is 0 Å². The lowest BCUT2D eigenvalue weighted by molar-refractivity contribution is -0.151. The van der Waals surface area contributed by atoms with E-state index >= 15 is 0 Å². The van der Waals surface area contributed by atoms with Gasteiger partial charge in [0.2, 0.25) is 0 Å². The number of halogens is 1. The topological polar surface area (TPSA) is 86.0 Å². The van der Waals surface area contributed by atoms with Crippen molar-refractivity contribution >= 4 is 28.5 Å². The minimum absolute atomic E-state index is 0.00475. The van der Waals surface area contributed by atoms with Gasteiger partial charge in [-0.1, -0.05) is 17.7 Å². The molecule has 166 valence electrons. The fourth-order valence-electron chi connectivity index (χ4n) is 4.05. The Morgan fingerprint density at radius 1 is 1.09 bits per heavy atom. The van der Waals surface area contributed by atoms with Crippen molar-refractivity contribution in [3.05, 3.63) is 63.3 Å². The molecule has 5 rings (SSSR count). The molecule has 7 heteroatoms. The summed E-state index contributed by atoms with van der Waals surface area (Å²) in [6.07, 6.45) is 3.36. The maximum atomic E-state index is 12.6. The lowest BCUT2D eigenvalue weighted by atomic mass is 9.82. The van der Waals surface area contributed by atoms with E-state index in [0.29, 0.717) is 59.5 Å². The normalized spacial score (nSPS) is 20.2. The molecule has 0 amide bonds. The van der Waals surface area contributed by atoms with Crippen molar-refractivity contribution in [2.24, 2.45) is 5.92 Å². The Kier molecular flexibility index (Phi) is 5.66. The SMILES string of the molecule is O=C(O)C1CC(OCCOc2ccc(-c3cc(=O)c4ccc(C5CC5)c(Cl)c4o3)cc2)C1. The van der Waals surface area contributed by atoms with E-state index in [-0.39, 0.29) is 17.5 Å². The van der Waals surface area contributed by atoms with Gasteiger partial charge in [-0.05, 0) is 67.5 Å². The maximum Gasteiger partial charge on any atom is 0.306 e. The molecular weight excluding hydrogens is 432 g/mol. The first-order valence-electron chi connectivity index (χ1n) is 10.8. The summed E-state index contributed by atoms with van der Waals surface area (Å²) < 4.78 is 17.4. The van der Waals surface area contributed by atoms with E-state index in [0.717, 1.165) is 24.0 Å². The second kappa shape index (κ2) is 8.60. The third kappa shape index (κ3) is 4.25. The van der Waals surface area contributed by atoms with Crippen molar-refractivity contribution in [2.45, 2.75) is 37.7 Å². The van der Waals surface area contributed by atoms with Gasteiger partial charge in [-0.25, -0.2) is 0 Å². The average Bonchev–Trinajstić information content (AvgIpc) is 3.58. The van der Waals surface area contributed by atoms with Crippen LogP contribution < -0.4 is 10.2 Å². The van der Waals surface area contributed by atoms with Gasteiger partial charge < -0.3 is 19.0 Å². The molecule has 1 heterocycles. The fourth-order valence-corrected chi connectivity index (χ4v) is 4.40. The number of ether oxygens (including phenoxy) is 2. The Balaban J connectivity index is 1.23. The van der Waals surface area contributed by atoms with Crippen molar-refractivity contribution in [3.63, 3.8) is 0 Å². The first-order chi connectivity index (χ1) is 15.5. The fraction of sp³-hybridized carbons (Fsp3) is 0.360. The third-order valence-corrected chi connectivity index (χ3v) is 6.56. The number of benzene rings is 2. The van der Waals surface area contributed by atoms with Gasteiger partial charge in [-0.2, -0.15) is 0 Å². The predicted octanol–water partition coefficient (Wildman–Crippen LogP) is 5.25. The minimum Gasteiger partial charge on any atom is -0.491 e. The van der Waals surface area contributed by atoms with Crippen LogP contribution in [0.3, 0.4) is 0 Å². The van der Waals surface area contributed by atoms with Crippen molar-refractivity contribution in [3.8, 4) is 17.1 Å². The lowest BCUT2D eigenvalue weighted by Gasteiger charge is -2.31. The highest BCUT2D eigenvalue weighted by Gasteiger charge is 2.35. The Hall–Kier alpha value is -2.83. The molecule has 2 saturated carbocycles. The summed E-state index contributed by atoms with van der Waals surface area (Å²) in [6, 6.07) is 12.5. The molecule has 1 aromatic heterocycles. The lowest BCUT2D eigenvalue weighted by Crippen LogP contribution is -2.36. The Morgan fingerprint density at radius 3 is 2.53 bits per heavy atom. The number of fused-ring (bicyclic) bond motifs is 1. The predicted molar refractivity (Wildman–Crippen MR) is 120 cm³/mol. The van der Waals surface area contributed by atoms with Crippen molar-refractivity contribution in [2.75, 3.05) is 13.2 Å². The van der Waals surface area contributed by atoms with E-state index in [1.54, 1.807) is 6.07 Å². The van der Waals surface area contributed by atoms with Gasteiger partial charge in [0.1, 0.15) is 18.1 Å². The molecule has 2 aromatic carbocycles. The molecule has 2 aliphatic carbocycles. The highest BCUT2D eigenvalue weighted by molar-refractivity contribution is 6.35.